The summed E-state index contributed by atoms with van der Waals surface area (Å²) in [6, 6.07) is 13.3. The molecule has 94 valence electrons. The van der Waals surface area contributed by atoms with Gasteiger partial charge in [0.25, 0.3) is 0 Å². The highest BCUT2D eigenvalue weighted by Gasteiger charge is 2.17. The second-order valence-electron chi connectivity index (χ2n) is 4.91. The lowest BCUT2D eigenvalue weighted by atomic mass is 9.93. The lowest BCUT2D eigenvalue weighted by molar-refractivity contribution is 0.410. The molecule has 1 N–H and O–H groups in total. The van der Waals surface area contributed by atoms with E-state index in [0.29, 0.717) is 6.04 Å². The first-order valence-corrected chi connectivity index (χ1v) is 6.69. The minimum Gasteiger partial charge on any atom is -0.496 e. The number of nitrogens with one attached hydrogen (secondary N) is 1. The average Bonchev–Trinajstić information content (AvgIpc) is 2.47. The molecule has 1 atom stereocenters. The summed E-state index contributed by atoms with van der Waals surface area (Å²) in [5.74, 6) is 0.963. The monoisotopic (exact) mass is 241 g/mol. The van der Waals surface area contributed by atoms with Gasteiger partial charge in [0.05, 0.1) is 7.11 Å². The SMILES string of the molecule is COc1ccc([C@@H]2CCCCN2)c2ccccc12. The van der Waals surface area contributed by atoms with Gasteiger partial charge in [0.1, 0.15) is 5.75 Å². The quantitative estimate of drug-likeness (QED) is 0.866. The number of rotatable bonds is 2. The van der Waals surface area contributed by atoms with Gasteiger partial charge in [0, 0.05) is 11.4 Å². The molecule has 1 aliphatic rings. The van der Waals surface area contributed by atoms with Crippen LogP contribution in [-0.2, 0) is 0 Å². The molecule has 2 nitrogen and oxygen atoms in total. The molecule has 0 aromatic heterocycles. The summed E-state index contributed by atoms with van der Waals surface area (Å²) >= 11 is 0. The number of ether oxygens (including phenoxy) is 1. The first kappa shape index (κ1) is 11.5. The fraction of sp³-hybridized carbons (Fsp3) is 0.375. The van der Waals surface area contributed by atoms with Gasteiger partial charge in [0.2, 0.25) is 0 Å². The normalized spacial score (nSPS) is 19.9. The number of hydrogen-bond donors (Lipinski definition) is 1. The Hall–Kier alpha value is -1.54. The summed E-state index contributed by atoms with van der Waals surface area (Å²) in [6.45, 7) is 1.13. The van der Waals surface area contributed by atoms with Crippen molar-refractivity contribution in [3.63, 3.8) is 0 Å². The zero-order valence-electron chi connectivity index (χ0n) is 10.8. The first-order valence-electron chi connectivity index (χ1n) is 6.69. The van der Waals surface area contributed by atoms with E-state index in [1.165, 1.54) is 35.6 Å². The van der Waals surface area contributed by atoms with Crippen LogP contribution >= 0.6 is 0 Å². The van der Waals surface area contributed by atoms with Crippen LogP contribution in [0.1, 0.15) is 30.9 Å². The largest absolute Gasteiger partial charge is 0.496 e. The molecule has 1 fully saturated rings. The summed E-state index contributed by atoms with van der Waals surface area (Å²) in [5, 5.41) is 6.15. The van der Waals surface area contributed by atoms with Gasteiger partial charge in [-0.25, -0.2) is 0 Å². The highest BCUT2D eigenvalue weighted by molar-refractivity contribution is 5.91. The number of hydrogen-bond acceptors (Lipinski definition) is 2. The molecule has 2 aromatic carbocycles. The standard InChI is InChI=1S/C16H19NO/c1-18-16-10-9-13(15-8-4-5-11-17-15)12-6-2-3-7-14(12)16/h2-3,6-7,9-10,15,17H,4-5,8,11H2,1H3/t15-/m0/s1. The van der Waals surface area contributed by atoms with Crippen molar-refractivity contribution in [3.8, 4) is 5.75 Å². The van der Waals surface area contributed by atoms with Crippen LogP contribution in [0.3, 0.4) is 0 Å². The van der Waals surface area contributed by atoms with Gasteiger partial charge in [-0.05, 0) is 36.4 Å². The Labute approximate surface area is 108 Å². The second kappa shape index (κ2) is 4.99. The van der Waals surface area contributed by atoms with Crippen LogP contribution in [0.2, 0.25) is 0 Å². The number of piperidine rings is 1. The molecule has 0 bridgehead atoms. The molecule has 2 heteroatoms. The first-order chi connectivity index (χ1) is 8.90. The van der Waals surface area contributed by atoms with Crippen molar-refractivity contribution in [2.45, 2.75) is 25.3 Å². The van der Waals surface area contributed by atoms with Crippen molar-refractivity contribution in [1.82, 2.24) is 5.32 Å². The molecule has 1 heterocycles. The van der Waals surface area contributed by atoms with Gasteiger partial charge < -0.3 is 10.1 Å². The van der Waals surface area contributed by atoms with Crippen molar-refractivity contribution in [2.24, 2.45) is 0 Å². The minimum atomic E-state index is 0.495. The topological polar surface area (TPSA) is 21.3 Å². The highest BCUT2D eigenvalue weighted by atomic mass is 16.5. The maximum Gasteiger partial charge on any atom is 0.126 e. The number of methoxy groups -OCH3 is 1. The van der Waals surface area contributed by atoms with E-state index in [0.717, 1.165) is 12.3 Å². The van der Waals surface area contributed by atoms with E-state index in [4.69, 9.17) is 4.74 Å². The molecular weight excluding hydrogens is 222 g/mol. The van der Waals surface area contributed by atoms with Crippen LogP contribution < -0.4 is 10.1 Å². The Balaban J connectivity index is 2.12. The van der Waals surface area contributed by atoms with Crippen molar-refractivity contribution >= 4 is 10.8 Å². The molecule has 2 aromatic rings. The van der Waals surface area contributed by atoms with Gasteiger partial charge in [-0.1, -0.05) is 36.8 Å². The summed E-state index contributed by atoms with van der Waals surface area (Å²) in [6.07, 6.45) is 3.85. The fourth-order valence-corrected chi connectivity index (χ4v) is 2.89. The highest BCUT2D eigenvalue weighted by Crippen LogP contribution is 2.34. The zero-order chi connectivity index (χ0) is 12.4. The van der Waals surface area contributed by atoms with Crippen LogP contribution in [0.4, 0.5) is 0 Å². The molecule has 1 aliphatic heterocycles. The van der Waals surface area contributed by atoms with E-state index >= 15 is 0 Å². The molecule has 0 spiro atoms. The van der Waals surface area contributed by atoms with Gasteiger partial charge in [-0.15, -0.1) is 0 Å². The third kappa shape index (κ3) is 1.97. The fourth-order valence-electron chi connectivity index (χ4n) is 2.89. The number of fused-ring (bicyclic) bond motifs is 1. The maximum atomic E-state index is 5.45. The van der Waals surface area contributed by atoms with E-state index < -0.39 is 0 Å². The molecule has 0 saturated carbocycles. The van der Waals surface area contributed by atoms with Gasteiger partial charge >= 0.3 is 0 Å². The molecule has 1 saturated heterocycles. The van der Waals surface area contributed by atoms with Crippen molar-refractivity contribution in [1.29, 1.82) is 0 Å². The molecule has 3 rings (SSSR count). The lowest BCUT2D eigenvalue weighted by Gasteiger charge is -2.25. The summed E-state index contributed by atoms with van der Waals surface area (Å²) in [4.78, 5) is 0. The molecular formula is C16H19NO. The summed E-state index contributed by atoms with van der Waals surface area (Å²) in [7, 11) is 1.74. The molecule has 0 unspecified atom stereocenters. The lowest BCUT2D eigenvalue weighted by Crippen LogP contribution is -2.26. The van der Waals surface area contributed by atoms with E-state index in [1.807, 2.05) is 0 Å². The zero-order valence-corrected chi connectivity index (χ0v) is 10.8. The smallest absolute Gasteiger partial charge is 0.126 e. The maximum absolute atomic E-state index is 5.45. The molecule has 0 aliphatic carbocycles. The van der Waals surface area contributed by atoms with E-state index in [9.17, 15) is 0 Å². The Morgan fingerprint density at radius 3 is 2.61 bits per heavy atom. The predicted octanol–water partition coefficient (Wildman–Crippen LogP) is 3.66. The Bertz CT molecular complexity index is 544. The average molecular weight is 241 g/mol. The summed E-state index contributed by atoms with van der Waals surface area (Å²) in [5.41, 5.74) is 1.41. The Kier molecular flexibility index (Phi) is 3.20. The van der Waals surface area contributed by atoms with Crippen LogP contribution in [0.5, 0.6) is 5.75 Å². The third-order valence-electron chi connectivity index (χ3n) is 3.82. The van der Waals surface area contributed by atoms with Crippen LogP contribution in [-0.4, -0.2) is 13.7 Å². The van der Waals surface area contributed by atoms with Gasteiger partial charge in [-0.3, -0.25) is 0 Å². The minimum absolute atomic E-state index is 0.495. The molecule has 0 radical (unpaired) electrons. The van der Waals surface area contributed by atoms with Crippen molar-refractivity contribution in [3.05, 3.63) is 42.0 Å². The summed E-state index contributed by atoms with van der Waals surface area (Å²) < 4.78 is 5.45. The molecule has 0 amide bonds. The second-order valence-corrected chi connectivity index (χ2v) is 4.91. The van der Waals surface area contributed by atoms with Crippen molar-refractivity contribution < 1.29 is 4.74 Å². The van der Waals surface area contributed by atoms with E-state index in [1.54, 1.807) is 7.11 Å². The van der Waals surface area contributed by atoms with Crippen LogP contribution in [0.25, 0.3) is 10.8 Å². The third-order valence-corrected chi connectivity index (χ3v) is 3.82. The Morgan fingerprint density at radius 1 is 1.06 bits per heavy atom. The predicted molar refractivity (Wildman–Crippen MR) is 75.1 cm³/mol. The Morgan fingerprint density at radius 2 is 1.89 bits per heavy atom. The molecule has 18 heavy (non-hydrogen) atoms. The van der Waals surface area contributed by atoms with Crippen LogP contribution in [0.15, 0.2) is 36.4 Å². The van der Waals surface area contributed by atoms with Crippen LogP contribution in [0, 0.1) is 0 Å². The van der Waals surface area contributed by atoms with Gasteiger partial charge in [-0.2, -0.15) is 0 Å². The van der Waals surface area contributed by atoms with Gasteiger partial charge in [0.15, 0.2) is 0 Å². The van der Waals surface area contributed by atoms with E-state index in [-0.39, 0.29) is 0 Å². The van der Waals surface area contributed by atoms with Crippen molar-refractivity contribution in [2.75, 3.05) is 13.7 Å². The number of benzene rings is 2. The van der Waals surface area contributed by atoms with E-state index in [2.05, 4.69) is 41.7 Å².